The van der Waals surface area contributed by atoms with Gasteiger partial charge in [0.25, 0.3) is 0 Å². The minimum atomic E-state index is 0.772. The van der Waals surface area contributed by atoms with Gasteiger partial charge in [-0.15, -0.1) is 0 Å². The van der Waals surface area contributed by atoms with Crippen LogP contribution in [0.5, 0.6) is 0 Å². The van der Waals surface area contributed by atoms with Crippen molar-refractivity contribution in [3.05, 3.63) is 29.0 Å². The van der Waals surface area contributed by atoms with E-state index in [1.54, 1.807) is 12.4 Å². The lowest BCUT2D eigenvalue weighted by Gasteiger charge is -2.02. The summed E-state index contributed by atoms with van der Waals surface area (Å²) in [7, 11) is 1.95. The smallest absolute Gasteiger partial charge is 0.0621 e. The molecule has 0 aliphatic rings. The highest BCUT2D eigenvalue weighted by atomic mass is 35.5. The van der Waals surface area contributed by atoms with Crippen molar-refractivity contribution in [2.75, 3.05) is 13.6 Å². The summed E-state index contributed by atoms with van der Waals surface area (Å²) in [5.41, 5.74) is 1.18. The van der Waals surface area contributed by atoms with Crippen molar-refractivity contribution in [1.29, 1.82) is 0 Å². The molecule has 0 spiro atoms. The van der Waals surface area contributed by atoms with Gasteiger partial charge in [-0.3, -0.25) is 4.98 Å². The molecule has 1 rings (SSSR count). The average Bonchev–Trinajstić information content (AvgIpc) is 2.09. The third-order valence-corrected chi connectivity index (χ3v) is 2.07. The van der Waals surface area contributed by atoms with Gasteiger partial charge in [0, 0.05) is 12.4 Å². The average molecular weight is 185 g/mol. The minimum Gasteiger partial charge on any atom is -0.320 e. The van der Waals surface area contributed by atoms with Gasteiger partial charge in [0.15, 0.2) is 0 Å². The van der Waals surface area contributed by atoms with Crippen LogP contribution in [0, 0.1) is 0 Å². The molecule has 0 aromatic carbocycles. The molecule has 12 heavy (non-hydrogen) atoms. The first-order chi connectivity index (χ1) is 5.84. The van der Waals surface area contributed by atoms with Gasteiger partial charge < -0.3 is 5.32 Å². The van der Waals surface area contributed by atoms with Crippen LogP contribution in [0.2, 0.25) is 5.02 Å². The maximum Gasteiger partial charge on any atom is 0.0621 e. The van der Waals surface area contributed by atoms with Crippen LogP contribution in [0.1, 0.15) is 12.0 Å². The molecule has 0 unspecified atom stereocenters. The highest BCUT2D eigenvalue weighted by molar-refractivity contribution is 6.31. The molecule has 0 fully saturated rings. The molecule has 1 aromatic rings. The van der Waals surface area contributed by atoms with Gasteiger partial charge >= 0.3 is 0 Å². The van der Waals surface area contributed by atoms with Crippen molar-refractivity contribution in [3.8, 4) is 0 Å². The van der Waals surface area contributed by atoms with E-state index in [1.165, 1.54) is 5.56 Å². The van der Waals surface area contributed by atoms with E-state index in [1.807, 2.05) is 13.1 Å². The number of nitrogens with zero attached hydrogens (tertiary/aromatic N) is 1. The van der Waals surface area contributed by atoms with Crippen LogP contribution in [0.15, 0.2) is 18.5 Å². The van der Waals surface area contributed by atoms with Gasteiger partial charge in [-0.1, -0.05) is 11.6 Å². The fourth-order valence-corrected chi connectivity index (χ4v) is 1.28. The fraction of sp³-hybridized carbons (Fsp3) is 0.444. The van der Waals surface area contributed by atoms with Gasteiger partial charge in [-0.05, 0) is 38.1 Å². The minimum absolute atomic E-state index is 0.772. The van der Waals surface area contributed by atoms with Crippen LogP contribution in [-0.4, -0.2) is 18.6 Å². The summed E-state index contributed by atoms with van der Waals surface area (Å²) < 4.78 is 0. The standard InChI is InChI=1S/C9H13ClN2/c1-11-5-2-3-8-4-6-12-7-9(8)10/h4,6-7,11H,2-3,5H2,1H3. The van der Waals surface area contributed by atoms with Gasteiger partial charge in [0.05, 0.1) is 5.02 Å². The second-order valence-electron chi connectivity index (χ2n) is 2.67. The number of halogens is 1. The van der Waals surface area contributed by atoms with Gasteiger partial charge in [0.1, 0.15) is 0 Å². The van der Waals surface area contributed by atoms with Gasteiger partial charge in [-0.2, -0.15) is 0 Å². The van der Waals surface area contributed by atoms with E-state index in [4.69, 9.17) is 11.6 Å². The van der Waals surface area contributed by atoms with Crippen LogP contribution in [0.4, 0.5) is 0 Å². The highest BCUT2D eigenvalue weighted by Crippen LogP contribution is 2.14. The summed E-state index contributed by atoms with van der Waals surface area (Å²) >= 11 is 5.92. The molecule has 1 N–H and O–H groups in total. The molecule has 0 aliphatic carbocycles. The van der Waals surface area contributed by atoms with E-state index in [2.05, 4.69) is 10.3 Å². The van der Waals surface area contributed by atoms with Crippen LogP contribution in [0.3, 0.4) is 0 Å². The summed E-state index contributed by atoms with van der Waals surface area (Å²) in [6, 6.07) is 1.97. The third-order valence-electron chi connectivity index (χ3n) is 1.73. The Kier molecular flexibility index (Phi) is 4.05. The number of pyridine rings is 1. The number of hydrogen-bond donors (Lipinski definition) is 1. The SMILES string of the molecule is CNCCCc1ccncc1Cl. The Hall–Kier alpha value is -0.600. The lowest BCUT2D eigenvalue weighted by Crippen LogP contribution is -2.08. The fourth-order valence-electron chi connectivity index (χ4n) is 1.06. The summed E-state index contributed by atoms with van der Waals surface area (Å²) in [6.45, 7) is 1.03. The van der Waals surface area contributed by atoms with E-state index in [9.17, 15) is 0 Å². The zero-order chi connectivity index (χ0) is 8.81. The van der Waals surface area contributed by atoms with Crippen molar-refractivity contribution in [2.45, 2.75) is 12.8 Å². The Morgan fingerprint density at radius 3 is 3.08 bits per heavy atom. The normalized spacial score (nSPS) is 10.2. The van der Waals surface area contributed by atoms with E-state index >= 15 is 0 Å². The lowest BCUT2D eigenvalue weighted by molar-refractivity contribution is 0.724. The molecular formula is C9H13ClN2. The molecule has 1 heterocycles. The van der Waals surface area contributed by atoms with E-state index in [-0.39, 0.29) is 0 Å². The highest BCUT2D eigenvalue weighted by Gasteiger charge is 1.97. The maximum atomic E-state index is 5.92. The Labute approximate surface area is 78.0 Å². The van der Waals surface area contributed by atoms with Crippen LogP contribution in [0.25, 0.3) is 0 Å². The Morgan fingerprint density at radius 2 is 2.42 bits per heavy atom. The molecule has 1 aromatic heterocycles. The van der Waals surface area contributed by atoms with Crippen molar-refractivity contribution in [3.63, 3.8) is 0 Å². The Balaban J connectivity index is 2.46. The topological polar surface area (TPSA) is 24.9 Å². The number of aromatic nitrogens is 1. The molecule has 2 nitrogen and oxygen atoms in total. The Bertz CT molecular complexity index is 238. The molecular weight excluding hydrogens is 172 g/mol. The summed E-state index contributed by atoms with van der Waals surface area (Å²) in [5.74, 6) is 0. The van der Waals surface area contributed by atoms with Crippen LogP contribution >= 0.6 is 11.6 Å². The molecule has 0 bridgehead atoms. The largest absolute Gasteiger partial charge is 0.320 e. The lowest BCUT2D eigenvalue weighted by atomic mass is 10.1. The quantitative estimate of drug-likeness (QED) is 0.723. The van der Waals surface area contributed by atoms with E-state index in [0.29, 0.717) is 0 Å². The zero-order valence-corrected chi connectivity index (χ0v) is 7.93. The molecule has 0 radical (unpaired) electrons. The number of rotatable bonds is 4. The first-order valence-corrected chi connectivity index (χ1v) is 4.45. The third kappa shape index (κ3) is 2.80. The van der Waals surface area contributed by atoms with E-state index < -0.39 is 0 Å². The predicted molar refractivity (Wildman–Crippen MR) is 51.5 cm³/mol. The van der Waals surface area contributed by atoms with Crippen molar-refractivity contribution < 1.29 is 0 Å². The number of hydrogen-bond acceptors (Lipinski definition) is 2. The first kappa shape index (κ1) is 9.49. The Morgan fingerprint density at radius 1 is 1.58 bits per heavy atom. The second kappa shape index (κ2) is 5.12. The van der Waals surface area contributed by atoms with Gasteiger partial charge in [-0.25, -0.2) is 0 Å². The van der Waals surface area contributed by atoms with Gasteiger partial charge in [0.2, 0.25) is 0 Å². The molecule has 0 aliphatic heterocycles. The summed E-state index contributed by atoms with van der Waals surface area (Å²) in [6.07, 6.45) is 5.60. The molecule has 0 saturated carbocycles. The monoisotopic (exact) mass is 184 g/mol. The zero-order valence-electron chi connectivity index (χ0n) is 7.18. The maximum absolute atomic E-state index is 5.92. The molecule has 0 saturated heterocycles. The van der Waals surface area contributed by atoms with E-state index in [0.717, 1.165) is 24.4 Å². The van der Waals surface area contributed by atoms with Crippen molar-refractivity contribution in [2.24, 2.45) is 0 Å². The molecule has 0 amide bonds. The predicted octanol–water partition coefficient (Wildman–Crippen LogP) is 1.89. The van der Waals surface area contributed by atoms with Crippen LogP contribution in [-0.2, 0) is 6.42 Å². The molecule has 0 atom stereocenters. The number of nitrogens with one attached hydrogen (secondary N) is 1. The van der Waals surface area contributed by atoms with Crippen LogP contribution < -0.4 is 5.32 Å². The first-order valence-electron chi connectivity index (χ1n) is 4.07. The second-order valence-corrected chi connectivity index (χ2v) is 3.08. The van der Waals surface area contributed by atoms with Crippen molar-refractivity contribution in [1.82, 2.24) is 10.3 Å². The molecule has 66 valence electrons. The molecule has 3 heteroatoms. The summed E-state index contributed by atoms with van der Waals surface area (Å²) in [4.78, 5) is 3.93. The summed E-state index contributed by atoms with van der Waals surface area (Å²) in [5, 5.41) is 3.87. The van der Waals surface area contributed by atoms with Crippen molar-refractivity contribution >= 4 is 11.6 Å². The number of aryl methyl sites for hydroxylation is 1.